The lowest BCUT2D eigenvalue weighted by Gasteiger charge is -2.07. The number of nitrogens with zero attached hydrogens (tertiary/aromatic N) is 2. The Morgan fingerprint density at radius 2 is 1.72 bits per heavy atom. The number of aromatic nitrogens is 2. The molecule has 0 aliphatic heterocycles. The Balaban J connectivity index is 1.72. The van der Waals surface area contributed by atoms with Crippen LogP contribution in [0.2, 0.25) is 0 Å². The molecule has 0 unspecified atom stereocenters. The van der Waals surface area contributed by atoms with E-state index in [0.29, 0.717) is 5.75 Å². The molecule has 25 heavy (non-hydrogen) atoms. The van der Waals surface area contributed by atoms with Gasteiger partial charge in [-0.25, -0.2) is 4.68 Å². The summed E-state index contributed by atoms with van der Waals surface area (Å²) in [6, 6.07) is 17.7. The van der Waals surface area contributed by atoms with Crippen molar-refractivity contribution in [3.63, 3.8) is 0 Å². The summed E-state index contributed by atoms with van der Waals surface area (Å²) in [5.74, 6) is 0.500. The normalized spacial score (nSPS) is 10.7. The second-order valence-corrected chi connectivity index (χ2v) is 6.91. The SMILES string of the molecule is Cc1ccc(OCC(=O)n2nc(C)c(Sc3ccccc3)c2C)cc1. The van der Waals surface area contributed by atoms with Gasteiger partial charge in [-0.1, -0.05) is 47.7 Å². The van der Waals surface area contributed by atoms with E-state index in [-0.39, 0.29) is 12.5 Å². The van der Waals surface area contributed by atoms with Crippen molar-refractivity contribution in [3.05, 3.63) is 71.5 Å². The van der Waals surface area contributed by atoms with Gasteiger partial charge >= 0.3 is 0 Å². The van der Waals surface area contributed by atoms with Gasteiger partial charge in [0.1, 0.15) is 5.75 Å². The zero-order valence-corrected chi connectivity index (χ0v) is 15.3. The molecule has 0 bridgehead atoms. The number of hydrogen-bond acceptors (Lipinski definition) is 4. The van der Waals surface area contributed by atoms with E-state index in [1.165, 1.54) is 4.68 Å². The highest BCUT2D eigenvalue weighted by atomic mass is 32.2. The molecule has 3 rings (SSSR count). The number of aryl methyl sites for hydroxylation is 2. The lowest BCUT2D eigenvalue weighted by atomic mass is 10.2. The fraction of sp³-hybridized carbons (Fsp3) is 0.200. The molecular formula is C20H20N2O2S. The summed E-state index contributed by atoms with van der Waals surface area (Å²) >= 11 is 1.62. The maximum Gasteiger partial charge on any atom is 0.285 e. The molecule has 0 N–H and O–H groups in total. The highest BCUT2D eigenvalue weighted by Crippen LogP contribution is 2.32. The van der Waals surface area contributed by atoms with E-state index in [9.17, 15) is 4.79 Å². The van der Waals surface area contributed by atoms with E-state index < -0.39 is 0 Å². The maximum absolute atomic E-state index is 12.5. The van der Waals surface area contributed by atoms with E-state index in [4.69, 9.17) is 4.74 Å². The number of benzene rings is 2. The molecule has 5 heteroatoms. The van der Waals surface area contributed by atoms with Gasteiger partial charge in [0.25, 0.3) is 5.91 Å². The number of carbonyl (C=O) groups excluding carboxylic acids is 1. The zero-order chi connectivity index (χ0) is 17.8. The smallest absolute Gasteiger partial charge is 0.285 e. The number of rotatable bonds is 5. The molecule has 0 amide bonds. The molecule has 1 aromatic heterocycles. The third-order valence-corrected chi connectivity index (χ3v) is 5.11. The molecule has 3 aromatic rings. The minimum atomic E-state index is -0.180. The van der Waals surface area contributed by atoms with Gasteiger partial charge in [0.15, 0.2) is 6.61 Å². The Morgan fingerprint density at radius 1 is 1.04 bits per heavy atom. The fourth-order valence-electron chi connectivity index (χ4n) is 2.47. The first-order chi connectivity index (χ1) is 12.0. The van der Waals surface area contributed by atoms with Crippen molar-refractivity contribution in [2.45, 2.75) is 30.6 Å². The summed E-state index contributed by atoms with van der Waals surface area (Å²) in [4.78, 5) is 14.6. The minimum Gasteiger partial charge on any atom is -0.484 e. The monoisotopic (exact) mass is 352 g/mol. The molecule has 0 saturated carbocycles. The Labute approximate surface area is 151 Å². The second kappa shape index (κ2) is 7.57. The maximum atomic E-state index is 12.5. The van der Waals surface area contributed by atoms with Crippen LogP contribution >= 0.6 is 11.8 Å². The van der Waals surface area contributed by atoms with Crippen molar-refractivity contribution in [1.29, 1.82) is 0 Å². The second-order valence-electron chi connectivity index (χ2n) is 5.82. The molecule has 128 valence electrons. The summed E-state index contributed by atoms with van der Waals surface area (Å²) in [5.41, 5.74) is 2.83. The molecule has 0 spiro atoms. The largest absolute Gasteiger partial charge is 0.484 e. The van der Waals surface area contributed by atoms with Crippen LogP contribution in [0, 0.1) is 20.8 Å². The molecule has 4 nitrogen and oxygen atoms in total. The van der Waals surface area contributed by atoms with E-state index in [0.717, 1.165) is 26.7 Å². The van der Waals surface area contributed by atoms with E-state index >= 15 is 0 Å². The first kappa shape index (κ1) is 17.3. The van der Waals surface area contributed by atoms with Crippen LogP contribution in [0.3, 0.4) is 0 Å². The molecule has 0 radical (unpaired) electrons. The van der Waals surface area contributed by atoms with Crippen LogP contribution in [0.4, 0.5) is 0 Å². The predicted molar refractivity (Wildman–Crippen MR) is 99.6 cm³/mol. The summed E-state index contributed by atoms with van der Waals surface area (Å²) < 4.78 is 7.02. The van der Waals surface area contributed by atoms with Crippen molar-refractivity contribution < 1.29 is 9.53 Å². The van der Waals surface area contributed by atoms with Crippen LogP contribution in [-0.4, -0.2) is 22.3 Å². The van der Waals surface area contributed by atoms with E-state index in [2.05, 4.69) is 5.10 Å². The van der Waals surface area contributed by atoms with Gasteiger partial charge in [0.2, 0.25) is 0 Å². The third-order valence-electron chi connectivity index (χ3n) is 3.81. The van der Waals surface area contributed by atoms with Crippen LogP contribution < -0.4 is 4.74 Å². The number of hydrogen-bond donors (Lipinski definition) is 0. The van der Waals surface area contributed by atoms with Gasteiger partial charge in [0.05, 0.1) is 16.3 Å². The van der Waals surface area contributed by atoms with Crippen molar-refractivity contribution in [1.82, 2.24) is 9.78 Å². The first-order valence-corrected chi connectivity index (χ1v) is 8.88. The zero-order valence-electron chi connectivity index (χ0n) is 14.5. The average molecular weight is 352 g/mol. The van der Waals surface area contributed by atoms with Gasteiger partial charge < -0.3 is 4.74 Å². The topological polar surface area (TPSA) is 44.1 Å². The van der Waals surface area contributed by atoms with Crippen LogP contribution in [-0.2, 0) is 0 Å². The number of ether oxygens (including phenoxy) is 1. The third kappa shape index (κ3) is 4.12. The van der Waals surface area contributed by atoms with Gasteiger partial charge in [0, 0.05) is 4.90 Å². The van der Waals surface area contributed by atoms with Crippen LogP contribution in [0.15, 0.2) is 64.4 Å². The average Bonchev–Trinajstić information content (AvgIpc) is 2.90. The molecule has 0 atom stereocenters. The summed E-state index contributed by atoms with van der Waals surface area (Å²) in [6.45, 7) is 5.80. The van der Waals surface area contributed by atoms with Crippen molar-refractivity contribution in [2.75, 3.05) is 6.61 Å². The van der Waals surface area contributed by atoms with Gasteiger partial charge in [-0.2, -0.15) is 5.10 Å². The van der Waals surface area contributed by atoms with Crippen molar-refractivity contribution >= 4 is 17.7 Å². The molecule has 0 saturated heterocycles. The standard InChI is InChI=1S/C20H20N2O2S/c1-14-9-11-17(12-10-14)24-13-19(23)22-16(3)20(15(2)21-22)25-18-7-5-4-6-8-18/h4-12H,13H2,1-3H3. The molecule has 0 aliphatic carbocycles. The van der Waals surface area contributed by atoms with Crippen molar-refractivity contribution in [2.24, 2.45) is 0 Å². The Hall–Kier alpha value is -2.53. The lowest BCUT2D eigenvalue weighted by Crippen LogP contribution is -2.21. The Bertz CT molecular complexity index is 871. The molecule has 1 heterocycles. The number of carbonyl (C=O) groups is 1. The van der Waals surface area contributed by atoms with Gasteiger partial charge in [-0.15, -0.1) is 0 Å². The first-order valence-electron chi connectivity index (χ1n) is 8.06. The minimum absolute atomic E-state index is 0.0412. The fourth-order valence-corrected chi connectivity index (χ4v) is 3.42. The lowest BCUT2D eigenvalue weighted by molar-refractivity contribution is 0.0818. The Morgan fingerprint density at radius 3 is 2.40 bits per heavy atom. The molecule has 2 aromatic carbocycles. The van der Waals surface area contributed by atoms with Crippen molar-refractivity contribution in [3.8, 4) is 5.75 Å². The van der Waals surface area contributed by atoms with Gasteiger partial charge in [-0.3, -0.25) is 4.79 Å². The molecule has 0 fully saturated rings. The van der Waals surface area contributed by atoms with Crippen LogP contribution in [0.5, 0.6) is 5.75 Å². The van der Waals surface area contributed by atoms with E-state index in [1.54, 1.807) is 11.8 Å². The van der Waals surface area contributed by atoms with Gasteiger partial charge in [-0.05, 0) is 45.0 Å². The predicted octanol–water partition coefficient (Wildman–Crippen LogP) is 4.68. The van der Waals surface area contributed by atoms with Crippen LogP contribution in [0.1, 0.15) is 21.7 Å². The highest BCUT2D eigenvalue weighted by Gasteiger charge is 2.18. The van der Waals surface area contributed by atoms with E-state index in [1.807, 2.05) is 75.4 Å². The van der Waals surface area contributed by atoms with Crippen LogP contribution in [0.25, 0.3) is 0 Å². The quantitative estimate of drug-likeness (QED) is 0.669. The summed E-state index contributed by atoms with van der Waals surface area (Å²) in [7, 11) is 0. The molecular weight excluding hydrogens is 332 g/mol. The molecule has 0 aliphatic rings. The Kier molecular flexibility index (Phi) is 5.24. The highest BCUT2D eigenvalue weighted by molar-refractivity contribution is 7.99. The summed E-state index contributed by atoms with van der Waals surface area (Å²) in [6.07, 6.45) is 0. The summed E-state index contributed by atoms with van der Waals surface area (Å²) in [5, 5.41) is 4.40.